The zero-order chi connectivity index (χ0) is 17.1. The minimum Gasteiger partial charge on any atom is -0.373 e. The fourth-order valence-corrected chi connectivity index (χ4v) is 3.98. The number of rotatable bonds is 5. The standard InChI is InChI=1S/C21H27N3O/c1-2-22-21(24-19-14-18-9-10-20(19)25-18)23-12-11-15-7-8-16-5-3-4-6-17(16)13-15/h3-8,13,18-20H,2,9-12,14H2,1H3,(H2,22,23,24). The third kappa shape index (κ3) is 3.79. The molecule has 25 heavy (non-hydrogen) atoms. The summed E-state index contributed by atoms with van der Waals surface area (Å²) in [7, 11) is 0. The molecule has 2 bridgehead atoms. The van der Waals surface area contributed by atoms with Gasteiger partial charge in [-0.05, 0) is 48.9 Å². The lowest BCUT2D eigenvalue weighted by Gasteiger charge is -2.22. The van der Waals surface area contributed by atoms with Crippen LogP contribution >= 0.6 is 0 Å². The molecule has 0 aliphatic carbocycles. The van der Waals surface area contributed by atoms with Gasteiger partial charge in [-0.2, -0.15) is 0 Å². The van der Waals surface area contributed by atoms with Crippen LogP contribution in [0.2, 0.25) is 0 Å². The Bertz CT molecular complexity index is 758. The summed E-state index contributed by atoms with van der Waals surface area (Å²) in [5, 5.41) is 9.54. The molecule has 2 aromatic carbocycles. The Morgan fingerprint density at radius 1 is 1.16 bits per heavy atom. The molecule has 4 rings (SSSR count). The summed E-state index contributed by atoms with van der Waals surface area (Å²) in [6.07, 6.45) is 5.29. The monoisotopic (exact) mass is 337 g/mol. The Morgan fingerprint density at radius 3 is 2.80 bits per heavy atom. The SMILES string of the molecule is CCNC(=NCCc1ccc2ccccc2c1)NC1CC2CCC1O2. The van der Waals surface area contributed by atoms with Crippen LogP contribution in [0.3, 0.4) is 0 Å². The van der Waals surface area contributed by atoms with Crippen molar-refractivity contribution >= 4 is 16.7 Å². The largest absolute Gasteiger partial charge is 0.373 e. The van der Waals surface area contributed by atoms with Gasteiger partial charge in [-0.25, -0.2) is 0 Å². The summed E-state index contributed by atoms with van der Waals surface area (Å²) in [5.74, 6) is 0.921. The second kappa shape index (κ2) is 7.44. The minimum absolute atomic E-state index is 0.370. The van der Waals surface area contributed by atoms with E-state index in [0.29, 0.717) is 18.2 Å². The van der Waals surface area contributed by atoms with Crippen LogP contribution in [-0.4, -0.2) is 37.3 Å². The third-order valence-corrected chi connectivity index (χ3v) is 5.26. The van der Waals surface area contributed by atoms with Crippen LogP contribution in [0.15, 0.2) is 47.5 Å². The van der Waals surface area contributed by atoms with Gasteiger partial charge >= 0.3 is 0 Å². The predicted octanol–water partition coefficient (Wildman–Crippen LogP) is 3.26. The molecule has 2 aliphatic heterocycles. The van der Waals surface area contributed by atoms with Crippen molar-refractivity contribution in [1.29, 1.82) is 0 Å². The normalized spacial score (nSPS) is 25.5. The molecule has 0 aromatic heterocycles. The maximum absolute atomic E-state index is 5.93. The summed E-state index contributed by atoms with van der Waals surface area (Å²) in [6.45, 7) is 3.77. The fourth-order valence-electron chi connectivity index (χ4n) is 3.98. The average Bonchev–Trinajstić information content (AvgIpc) is 3.25. The Morgan fingerprint density at radius 2 is 2.04 bits per heavy atom. The first-order chi connectivity index (χ1) is 12.3. The molecule has 0 spiro atoms. The van der Waals surface area contributed by atoms with Crippen LogP contribution in [0.4, 0.5) is 0 Å². The molecule has 2 aliphatic rings. The Hall–Kier alpha value is -2.07. The first kappa shape index (κ1) is 16.4. The molecule has 0 radical (unpaired) electrons. The molecule has 132 valence electrons. The molecule has 2 heterocycles. The van der Waals surface area contributed by atoms with Crippen molar-refractivity contribution in [3.8, 4) is 0 Å². The van der Waals surface area contributed by atoms with E-state index in [1.165, 1.54) is 29.2 Å². The van der Waals surface area contributed by atoms with Crippen molar-refractivity contribution in [2.45, 2.75) is 50.9 Å². The summed E-state index contributed by atoms with van der Waals surface area (Å²) in [4.78, 5) is 4.77. The van der Waals surface area contributed by atoms with Crippen LogP contribution < -0.4 is 10.6 Å². The smallest absolute Gasteiger partial charge is 0.191 e. The number of hydrogen-bond acceptors (Lipinski definition) is 2. The Kier molecular flexibility index (Phi) is 4.88. The molecule has 2 saturated heterocycles. The number of nitrogens with one attached hydrogen (secondary N) is 2. The summed E-state index contributed by atoms with van der Waals surface area (Å²) >= 11 is 0. The molecule has 0 amide bonds. The highest BCUT2D eigenvalue weighted by Crippen LogP contribution is 2.34. The van der Waals surface area contributed by atoms with Crippen LogP contribution in [0.25, 0.3) is 10.8 Å². The van der Waals surface area contributed by atoms with Crippen molar-refractivity contribution < 1.29 is 4.74 Å². The van der Waals surface area contributed by atoms with Crippen LogP contribution in [-0.2, 0) is 11.2 Å². The van der Waals surface area contributed by atoms with E-state index >= 15 is 0 Å². The van der Waals surface area contributed by atoms with Crippen LogP contribution in [0.1, 0.15) is 31.7 Å². The number of guanidine groups is 1. The minimum atomic E-state index is 0.370. The van der Waals surface area contributed by atoms with Gasteiger partial charge in [-0.3, -0.25) is 4.99 Å². The molecule has 3 unspecified atom stereocenters. The lowest BCUT2D eigenvalue weighted by atomic mass is 9.96. The first-order valence-electron chi connectivity index (χ1n) is 9.50. The van der Waals surface area contributed by atoms with Gasteiger partial charge in [0.25, 0.3) is 0 Å². The van der Waals surface area contributed by atoms with Gasteiger partial charge < -0.3 is 15.4 Å². The van der Waals surface area contributed by atoms with Gasteiger partial charge in [0.1, 0.15) is 0 Å². The highest BCUT2D eigenvalue weighted by Gasteiger charge is 2.41. The molecule has 2 N–H and O–H groups in total. The van der Waals surface area contributed by atoms with Crippen molar-refractivity contribution in [3.05, 3.63) is 48.0 Å². The maximum atomic E-state index is 5.93. The van der Waals surface area contributed by atoms with Gasteiger partial charge in [0.15, 0.2) is 5.96 Å². The Balaban J connectivity index is 1.37. The summed E-state index contributed by atoms with van der Waals surface area (Å²) in [6, 6.07) is 15.6. The summed E-state index contributed by atoms with van der Waals surface area (Å²) < 4.78 is 5.93. The van der Waals surface area contributed by atoms with Crippen molar-refractivity contribution in [1.82, 2.24) is 10.6 Å². The van der Waals surface area contributed by atoms with E-state index in [4.69, 9.17) is 9.73 Å². The van der Waals surface area contributed by atoms with E-state index in [1.807, 2.05) is 0 Å². The van der Waals surface area contributed by atoms with Gasteiger partial charge in [0.2, 0.25) is 0 Å². The van der Waals surface area contributed by atoms with E-state index in [1.54, 1.807) is 0 Å². The van der Waals surface area contributed by atoms with Crippen LogP contribution in [0, 0.1) is 0 Å². The number of ether oxygens (including phenoxy) is 1. The Labute approximate surface area is 149 Å². The molecule has 4 heteroatoms. The number of benzene rings is 2. The molecular formula is C21H27N3O. The highest BCUT2D eigenvalue weighted by molar-refractivity contribution is 5.83. The first-order valence-corrected chi connectivity index (χ1v) is 9.50. The van der Waals surface area contributed by atoms with E-state index in [-0.39, 0.29) is 0 Å². The number of nitrogens with zero attached hydrogens (tertiary/aromatic N) is 1. The quantitative estimate of drug-likeness (QED) is 0.650. The van der Waals surface area contributed by atoms with E-state index in [9.17, 15) is 0 Å². The van der Waals surface area contributed by atoms with E-state index < -0.39 is 0 Å². The number of aliphatic imine (C=N–C) groups is 1. The van der Waals surface area contributed by atoms with Crippen molar-refractivity contribution in [3.63, 3.8) is 0 Å². The number of hydrogen-bond donors (Lipinski definition) is 2. The van der Waals surface area contributed by atoms with E-state index in [0.717, 1.165) is 31.9 Å². The van der Waals surface area contributed by atoms with Crippen molar-refractivity contribution in [2.75, 3.05) is 13.1 Å². The second-order valence-corrected chi connectivity index (χ2v) is 7.05. The van der Waals surface area contributed by atoms with Gasteiger partial charge in [-0.15, -0.1) is 0 Å². The summed E-state index contributed by atoms with van der Waals surface area (Å²) in [5.41, 5.74) is 1.33. The number of fused-ring (bicyclic) bond motifs is 3. The fraction of sp³-hybridized carbons (Fsp3) is 0.476. The van der Waals surface area contributed by atoms with Gasteiger partial charge in [0.05, 0.1) is 18.2 Å². The lowest BCUT2D eigenvalue weighted by molar-refractivity contribution is 0.0992. The maximum Gasteiger partial charge on any atom is 0.191 e. The zero-order valence-corrected chi connectivity index (χ0v) is 14.9. The molecule has 0 saturated carbocycles. The molecule has 3 atom stereocenters. The average molecular weight is 337 g/mol. The molecule has 2 fully saturated rings. The molecule has 2 aromatic rings. The second-order valence-electron chi connectivity index (χ2n) is 7.05. The topological polar surface area (TPSA) is 45.7 Å². The van der Waals surface area contributed by atoms with Crippen LogP contribution in [0.5, 0.6) is 0 Å². The molecular weight excluding hydrogens is 310 g/mol. The third-order valence-electron chi connectivity index (χ3n) is 5.26. The zero-order valence-electron chi connectivity index (χ0n) is 14.9. The predicted molar refractivity (Wildman–Crippen MR) is 103 cm³/mol. The van der Waals surface area contributed by atoms with Gasteiger partial charge in [-0.1, -0.05) is 42.5 Å². The highest BCUT2D eigenvalue weighted by atomic mass is 16.5. The molecule has 4 nitrogen and oxygen atoms in total. The van der Waals surface area contributed by atoms with Gasteiger partial charge in [0, 0.05) is 13.1 Å². The van der Waals surface area contributed by atoms with E-state index in [2.05, 4.69) is 60.0 Å². The van der Waals surface area contributed by atoms with Crippen molar-refractivity contribution in [2.24, 2.45) is 4.99 Å². The lowest BCUT2D eigenvalue weighted by Crippen LogP contribution is -2.47.